The molecule has 0 saturated carbocycles. The van der Waals surface area contributed by atoms with Crippen molar-refractivity contribution in [1.29, 1.82) is 0 Å². The molecule has 0 N–H and O–H groups in total. The monoisotopic (exact) mass is 192 g/mol. The van der Waals surface area contributed by atoms with Crippen molar-refractivity contribution in [3.05, 3.63) is 35.4 Å². The maximum absolute atomic E-state index is 11.2. The molecule has 1 aromatic carbocycles. The highest BCUT2D eigenvalue weighted by Crippen LogP contribution is 2.04. The van der Waals surface area contributed by atoms with Crippen molar-refractivity contribution >= 4 is 5.97 Å². The summed E-state index contributed by atoms with van der Waals surface area (Å²) in [5.41, 5.74) is 2.22. The van der Waals surface area contributed by atoms with Crippen molar-refractivity contribution < 1.29 is 9.53 Å². The highest BCUT2D eigenvalue weighted by atomic mass is 16.5. The molecule has 0 bridgehead atoms. The Morgan fingerprint density at radius 3 is 2.50 bits per heavy atom. The number of benzene rings is 1. The molecule has 0 aliphatic carbocycles. The van der Waals surface area contributed by atoms with E-state index in [2.05, 4.69) is 0 Å². The molecule has 0 heterocycles. The Kier molecular flexibility index (Phi) is 4.17. The first kappa shape index (κ1) is 10.8. The van der Waals surface area contributed by atoms with Gasteiger partial charge in [-0.1, -0.05) is 36.8 Å². The van der Waals surface area contributed by atoms with Crippen LogP contribution in [-0.4, -0.2) is 12.6 Å². The highest BCUT2D eigenvalue weighted by Gasteiger charge is 2.03. The van der Waals surface area contributed by atoms with Crippen LogP contribution in [-0.2, 0) is 16.0 Å². The second kappa shape index (κ2) is 5.43. The summed E-state index contributed by atoms with van der Waals surface area (Å²) in [6.07, 6.45) is 1.25. The third kappa shape index (κ3) is 3.60. The van der Waals surface area contributed by atoms with Crippen LogP contribution in [0.1, 0.15) is 24.5 Å². The summed E-state index contributed by atoms with van der Waals surface area (Å²) in [5.74, 6) is -0.143. The number of hydrogen-bond acceptors (Lipinski definition) is 2. The van der Waals surface area contributed by atoms with Crippen LogP contribution in [0, 0.1) is 6.92 Å². The van der Waals surface area contributed by atoms with E-state index in [1.165, 1.54) is 5.56 Å². The molecule has 0 amide bonds. The number of rotatable bonds is 4. The van der Waals surface area contributed by atoms with Gasteiger partial charge in [0.2, 0.25) is 0 Å². The summed E-state index contributed by atoms with van der Waals surface area (Å²) in [5, 5.41) is 0. The molecule has 0 aliphatic rings. The van der Waals surface area contributed by atoms with E-state index in [1.54, 1.807) is 0 Å². The fraction of sp³-hybridized carbons (Fsp3) is 0.417. The van der Waals surface area contributed by atoms with E-state index in [1.807, 2.05) is 38.1 Å². The Balaban J connectivity index is 2.44. The molecule has 0 spiro atoms. The average Bonchev–Trinajstić information content (AvgIpc) is 2.18. The van der Waals surface area contributed by atoms with Crippen LogP contribution in [0.2, 0.25) is 0 Å². The van der Waals surface area contributed by atoms with E-state index < -0.39 is 0 Å². The highest BCUT2D eigenvalue weighted by molar-refractivity contribution is 5.72. The lowest BCUT2D eigenvalue weighted by Crippen LogP contribution is -2.08. The van der Waals surface area contributed by atoms with Crippen LogP contribution in [0.3, 0.4) is 0 Å². The predicted octanol–water partition coefficient (Wildman–Crippen LogP) is 2.49. The molecule has 1 aromatic rings. The molecule has 0 atom stereocenters. The van der Waals surface area contributed by atoms with Gasteiger partial charge >= 0.3 is 5.97 Å². The standard InChI is InChI=1S/C12H16O2/c1-3-8-14-12(13)9-11-6-4-10(2)5-7-11/h4-7H,3,8-9H2,1-2H3. The predicted molar refractivity (Wildman–Crippen MR) is 56.1 cm³/mol. The quantitative estimate of drug-likeness (QED) is 0.685. The van der Waals surface area contributed by atoms with E-state index in [4.69, 9.17) is 4.74 Å². The molecule has 0 aliphatic heterocycles. The number of carbonyl (C=O) groups excluding carboxylic acids is 1. The maximum atomic E-state index is 11.2. The molecular weight excluding hydrogens is 176 g/mol. The van der Waals surface area contributed by atoms with Gasteiger partial charge in [-0.25, -0.2) is 0 Å². The van der Waals surface area contributed by atoms with Gasteiger partial charge in [0.15, 0.2) is 0 Å². The Labute approximate surface area is 84.9 Å². The van der Waals surface area contributed by atoms with Crippen molar-refractivity contribution in [3.8, 4) is 0 Å². The van der Waals surface area contributed by atoms with E-state index in [-0.39, 0.29) is 5.97 Å². The molecule has 14 heavy (non-hydrogen) atoms. The van der Waals surface area contributed by atoms with E-state index in [0.29, 0.717) is 13.0 Å². The Bertz CT molecular complexity index is 288. The van der Waals surface area contributed by atoms with Crippen LogP contribution >= 0.6 is 0 Å². The first-order valence-electron chi connectivity index (χ1n) is 4.93. The zero-order valence-electron chi connectivity index (χ0n) is 8.75. The number of ether oxygens (including phenoxy) is 1. The minimum absolute atomic E-state index is 0.143. The number of hydrogen-bond donors (Lipinski definition) is 0. The van der Waals surface area contributed by atoms with Crippen molar-refractivity contribution in [1.82, 2.24) is 0 Å². The van der Waals surface area contributed by atoms with E-state index >= 15 is 0 Å². The summed E-state index contributed by atoms with van der Waals surface area (Å²) >= 11 is 0. The van der Waals surface area contributed by atoms with Gasteiger partial charge in [0.1, 0.15) is 0 Å². The fourth-order valence-electron chi connectivity index (χ4n) is 1.14. The largest absolute Gasteiger partial charge is 0.465 e. The summed E-state index contributed by atoms with van der Waals surface area (Å²) in [6, 6.07) is 7.93. The molecule has 0 unspecified atom stereocenters. The minimum atomic E-state index is -0.143. The number of esters is 1. The van der Waals surface area contributed by atoms with Crippen LogP contribution in [0.15, 0.2) is 24.3 Å². The normalized spacial score (nSPS) is 9.86. The van der Waals surface area contributed by atoms with Gasteiger partial charge in [0.05, 0.1) is 13.0 Å². The lowest BCUT2D eigenvalue weighted by atomic mass is 10.1. The van der Waals surface area contributed by atoms with Crippen molar-refractivity contribution in [2.24, 2.45) is 0 Å². The average molecular weight is 192 g/mol. The van der Waals surface area contributed by atoms with Crippen LogP contribution < -0.4 is 0 Å². The zero-order chi connectivity index (χ0) is 10.4. The van der Waals surface area contributed by atoms with Crippen molar-refractivity contribution in [2.75, 3.05) is 6.61 Å². The molecule has 2 heteroatoms. The molecule has 0 fully saturated rings. The second-order valence-corrected chi connectivity index (χ2v) is 3.38. The topological polar surface area (TPSA) is 26.3 Å². The lowest BCUT2D eigenvalue weighted by Gasteiger charge is -2.03. The Morgan fingerprint density at radius 2 is 1.93 bits per heavy atom. The molecule has 0 saturated heterocycles. The summed E-state index contributed by atoms with van der Waals surface area (Å²) in [7, 11) is 0. The molecule has 2 nitrogen and oxygen atoms in total. The molecular formula is C12H16O2. The molecule has 1 rings (SSSR count). The van der Waals surface area contributed by atoms with Crippen LogP contribution in [0.4, 0.5) is 0 Å². The summed E-state index contributed by atoms with van der Waals surface area (Å²) in [4.78, 5) is 11.2. The summed E-state index contributed by atoms with van der Waals surface area (Å²) < 4.78 is 4.99. The van der Waals surface area contributed by atoms with Gasteiger partial charge in [-0.3, -0.25) is 4.79 Å². The van der Waals surface area contributed by atoms with Gasteiger partial charge in [0, 0.05) is 0 Å². The minimum Gasteiger partial charge on any atom is -0.465 e. The lowest BCUT2D eigenvalue weighted by molar-refractivity contribution is -0.142. The van der Waals surface area contributed by atoms with Gasteiger partial charge in [-0.15, -0.1) is 0 Å². The molecule has 0 aromatic heterocycles. The maximum Gasteiger partial charge on any atom is 0.310 e. The Hall–Kier alpha value is -1.31. The zero-order valence-corrected chi connectivity index (χ0v) is 8.75. The smallest absolute Gasteiger partial charge is 0.310 e. The van der Waals surface area contributed by atoms with Crippen LogP contribution in [0.25, 0.3) is 0 Å². The van der Waals surface area contributed by atoms with Crippen molar-refractivity contribution in [2.45, 2.75) is 26.7 Å². The van der Waals surface area contributed by atoms with E-state index in [9.17, 15) is 4.79 Å². The third-order valence-corrected chi connectivity index (χ3v) is 1.94. The van der Waals surface area contributed by atoms with Crippen LogP contribution in [0.5, 0.6) is 0 Å². The first-order chi connectivity index (χ1) is 6.72. The second-order valence-electron chi connectivity index (χ2n) is 3.38. The number of carbonyl (C=O) groups is 1. The summed E-state index contributed by atoms with van der Waals surface area (Å²) in [6.45, 7) is 4.53. The molecule has 0 radical (unpaired) electrons. The Morgan fingerprint density at radius 1 is 1.29 bits per heavy atom. The molecule has 76 valence electrons. The first-order valence-corrected chi connectivity index (χ1v) is 4.93. The van der Waals surface area contributed by atoms with Gasteiger partial charge in [-0.2, -0.15) is 0 Å². The third-order valence-electron chi connectivity index (χ3n) is 1.94. The van der Waals surface area contributed by atoms with Gasteiger partial charge in [-0.05, 0) is 18.9 Å². The SMILES string of the molecule is CCCOC(=O)Cc1ccc(C)cc1. The van der Waals surface area contributed by atoms with Gasteiger partial charge < -0.3 is 4.74 Å². The van der Waals surface area contributed by atoms with E-state index in [0.717, 1.165) is 12.0 Å². The number of aryl methyl sites for hydroxylation is 1. The van der Waals surface area contributed by atoms with Gasteiger partial charge in [0.25, 0.3) is 0 Å². The van der Waals surface area contributed by atoms with Crippen molar-refractivity contribution in [3.63, 3.8) is 0 Å². The fourth-order valence-corrected chi connectivity index (χ4v) is 1.14.